The first-order valence-corrected chi connectivity index (χ1v) is 4.73. The van der Waals surface area contributed by atoms with Crippen LogP contribution < -0.4 is 4.90 Å². The number of halogens is 1. The lowest BCUT2D eigenvalue weighted by molar-refractivity contribution is 0.201. The molecule has 0 aromatic carbocycles. The van der Waals surface area contributed by atoms with Crippen LogP contribution in [0.15, 0.2) is 12.3 Å². The fraction of sp³-hybridized carbons (Fsp3) is 0.333. The van der Waals surface area contributed by atoms with Gasteiger partial charge < -0.3 is 10.2 Å². The highest BCUT2D eigenvalue weighted by atomic mass is 35.5. The zero-order valence-electron chi connectivity index (χ0n) is 8.14. The number of hydrogen-bond donors (Lipinski definition) is 2. The van der Waals surface area contributed by atoms with E-state index in [-0.39, 0.29) is 19.0 Å². The van der Waals surface area contributed by atoms with Gasteiger partial charge in [0.15, 0.2) is 0 Å². The quantitative estimate of drug-likeness (QED) is 0.830. The van der Waals surface area contributed by atoms with Gasteiger partial charge >= 0.3 is 6.09 Å². The van der Waals surface area contributed by atoms with Gasteiger partial charge in [0.25, 0.3) is 0 Å². The maximum Gasteiger partial charge on any atom is 0.413 e. The summed E-state index contributed by atoms with van der Waals surface area (Å²) in [5.41, 5.74) is 0.395. The Morgan fingerprint density at radius 2 is 2.33 bits per heavy atom. The zero-order valence-corrected chi connectivity index (χ0v) is 8.90. The third-order valence-electron chi connectivity index (χ3n) is 1.88. The van der Waals surface area contributed by atoms with Gasteiger partial charge in [0.05, 0.1) is 11.6 Å². The van der Waals surface area contributed by atoms with Crippen LogP contribution >= 0.6 is 11.6 Å². The number of nitrogens with zero attached hydrogens (tertiary/aromatic N) is 2. The second kappa shape index (κ2) is 4.95. The lowest BCUT2D eigenvalue weighted by Gasteiger charge is -2.18. The van der Waals surface area contributed by atoms with E-state index in [1.54, 1.807) is 6.92 Å². The molecule has 6 heteroatoms. The molecule has 82 valence electrons. The molecule has 1 aromatic heterocycles. The number of carbonyl (C=O) groups is 1. The summed E-state index contributed by atoms with van der Waals surface area (Å²) < 4.78 is 0. The molecule has 0 unspecified atom stereocenters. The zero-order chi connectivity index (χ0) is 11.4. The molecule has 0 fully saturated rings. The third kappa shape index (κ3) is 2.57. The Hall–Kier alpha value is -1.33. The van der Waals surface area contributed by atoms with E-state index in [4.69, 9.17) is 21.8 Å². The summed E-state index contributed by atoms with van der Waals surface area (Å²) in [4.78, 5) is 15.8. The Kier molecular flexibility index (Phi) is 3.88. The van der Waals surface area contributed by atoms with Crippen molar-refractivity contribution in [1.29, 1.82) is 0 Å². The van der Waals surface area contributed by atoms with E-state index in [1.165, 1.54) is 12.3 Å². The van der Waals surface area contributed by atoms with Gasteiger partial charge in [0.1, 0.15) is 5.82 Å². The Morgan fingerprint density at radius 1 is 1.67 bits per heavy atom. The molecule has 0 spiro atoms. The van der Waals surface area contributed by atoms with Crippen LogP contribution in [0.5, 0.6) is 0 Å². The molecule has 1 aromatic rings. The summed E-state index contributed by atoms with van der Waals surface area (Å²) in [5.74, 6) is 0.219. The highest BCUT2D eigenvalue weighted by Gasteiger charge is 2.17. The Morgan fingerprint density at radius 3 is 2.80 bits per heavy atom. The summed E-state index contributed by atoms with van der Waals surface area (Å²) in [6.45, 7) is 1.65. The first kappa shape index (κ1) is 11.7. The maximum atomic E-state index is 10.9. The van der Waals surface area contributed by atoms with E-state index < -0.39 is 6.09 Å². The standard InChI is InChI=1S/C9H11ClN2O3/c1-2-12(9(14)15)8-6(5-13)3-7(10)4-11-8/h3-4,13H,2,5H2,1H3,(H,14,15). The topological polar surface area (TPSA) is 73.7 Å². The van der Waals surface area contributed by atoms with Gasteiger partial charge in [-0.2, -0.15) is 0 Å². The maximum absolute atomic E-state index is 10.9. The first-order chi connectivity index (χ1) is 7.10. The fourth-order valence-electron chi connectivity index (χ4n) is 1.21. The van der Waals surface area contributed by atoms with Crippen molar-refractivity contribution in [2.45, 2.75) is 13.5 Å². The van der Waals surface area contributed by atoms with Gasteiger partial charge in [-0.3, -0.25) is 4.90 Å². The summed E-state index contributed by atoms with van der Waals surface area (Å²) in [7, 11) is 0. The predicted octanol–water partition coefficient (Wildman–Crippen LogP) is 1.73. The molecule has 0 aliphatic rings. The predicted molar refractivity (Wildman–Crippen MR) is 56.2 cm³/mol. The number of hydrogen-bond acceptors (Lipinski definition) is 3. The molecule has 0 saturated carbocycles. The van der Waals surface area contributed by atoms with Crippen LogP contribution in [0.2, 0.25) is 5.02 Å². The molecule has 1 rings (SSSR count). The van der Waals surface area contributed by atoms with Crippen molar-refractivity contribution in [2.24, 2.45) is 0 Å². The molecule has 0 bridgehead atoms. The normalized spacial score (nSPS) is 10.1. The van der Waals surface area contributed by atoms with Crippen LogP contribution in [0.1, 0.15) is 12.5 Å². The van der Waals surface area contributed by atoms with E-state index in [0.717, 1.165) is 4.90 Å². The number of rotatable bonds is 3. The SMILES string of the molecule is CCN(C(=O)O)c1ncc(Cl)cc1CO. The van der Waals surface area contributed by atoms with Crippen molar-refractivity contribution in [2.75, 3.05) is 11.4 Å². The van der Waals surface area contributed by atoms with E-state index in [1.807, 2.05) is 0 Å². The van der Waals surface area contributed by atoms with Crippen molar-refractivity contribution in [1.82, 2.24) is 4.98 Å². The molecule has 0 radical (unpaired) electrons. The van der Waals surface area contributed by atoms with Gasteiger partial charge in [-0.25, -0.2) is 9.78 Å². The first-order valence-electron chi connectivity index (χ1n) is 4.35. The second-order valence-corrected chi connectivity index (χ2v) is 3.26. The number of anilines is 1. The van der Waals surface area contributed by atoms with Gasteiger partial charge in [-0.15, -0.1) is 0 Å². The second-order valence-electron chi connectivity index (χ2n) is 2.82. The van der Waals surface area contributed by atoms with Crippen LogP contribution in [0, 0.1) is 0 Å². The lowest BCUT2D eigenvalue weighted by atomic mass is 10.2. The van der Waals surface area contributed by atoms with Crippen molar-refractivity contribution in [3.8, 4) is 0 Å². The van der Waals surface area contributed by atoms with E-state index in [0.29, 0.717) is 10.6 Å². The number of aromatic nitrogens is 1. The molecular formula is C9H11ClN2O3. The van der Waals surface area contributed by atoms with Crippen molar-refractivity contribution in [3.63, 3.8) is 0 Å². The minimum atomic E-state index is -1.11. The fourth-order valence-corrected chi connectivity index (χ4v) is 1.39. The van der Waals surface area contributed by atoms with Crippen molar-refractivity contribution in [3.05, 3.63) is 22.8 Å². The van der Waals surface area contributed by atoms with Crippen LogP contribution in [-0.2, 0) is 6.61 Å². The molecule has 2 N–H and O–H groups in total. The van der Waals surface area contributed by atoms with Crippen LogP contribution in [0.25, 0.3) is 0 Å². The minimum absolute atomic E-state index is 0.219. The summed E-state index contributed by atoms with van der Waals surface area (Å²) in [6, 6.07) is 1.50. The van der Waals surface area contributed by atoms with Crippen LogP contribution in [0.3, 0.4) is 0 Å². The molecule has 0 aliphatic heterocycles. The Labute approximate surface area is 91.9 Å². The lowest BCUT2D eigenvalue weighted by Crippen LogP contribution is -2.30. The molecule has 1 heterocycles. The van der Waals surface area contributed by atoms with E-state index >= 15 is 0 Å². The largest absolute Gasteiger partial charge is 0.465 e. The van der Waals surface area contributed by atoms with E-state index in [2.05, 4.69) is 4.98 Å². The number of aliphatic hydroxyl groups excluding tert-OH is 1. The molecule has 0 aliphatic carbocycles. The van der Waals surface area contributed by atoms with Crippen molar-refractivity contribution >= 4 is 23.5 Å². The molecule has 1 amide bonds. The van der Waals surface area contributed by atoms with Gasteiger partial charge in [-0.1, -0.05) is 11.6 Å². The Balaban J connectivity index is 3.16. The van der Waals surface area contributed by atoms with Gasteiger partial charge in [0.2, 0.25) is 0 Å². The van der Waals surface area contributed by atoms with Gasteiger partial charge in [-0.05, 0) is 13.0 Å². The monoisotopic (exact) mass is 230 g/mol. The molecule has 0 saturated heterocycles. The smallest absolute Gasteiger partial charge is 0.413 e. The van der Waals surface area contributed by atoms with Crippen molar-refractivity contribution < 1.29 is 15.0 Å². The third-order valence-corrected chi connectivity index (χ3v) is 2.09. The Bertz CT molecular complexity index is 370. The summed E-state index contributed by atoms with van der Waals surface area (Å²) in [6.07, 6.45) is 0.240. The average molecular weight is 231 g/mol. The summed E-state index contributed by atoms with van der Waals surface area (Å²) >= 11 is 5.68. The average Bonchev–Trinajstić information content (AvgIpc) is 2.20. The molecular weight excluding hydrogens is 220 g/mol. The van der Waals surface area contributed by atoms with Crippen LogP contribution in [-0.4, -0.2) is 27.8 Å². The highest BCUT2D eigenvalue weighted by molar-refractivity contribution is 6.30. The van der Waals surface area contributed by atoms with Gasteiger partial charge in [0, 0.05) is 18.3 Å². The number of carboxylic acid groups (broad SMARTS) is 1. The van der Waals surface area contributed by atoms with Crippen LogP contribution in [0.4, 0.5) is 10.6 Å². The molecule has 15 heavy (non-hydrogen) atoms. The highest BCUT2D eigenvalue weighted by Crippen LogP contribution is 2.21. The number of amides is 1. The number of pyridine rings is 1. The minimum Gasteiger partial charge on any atom is -0.465 e. The van der Waals surface area contributed by atoms with E-state index in [9.17, 15) is 4.79 Å². The molecule has 0 atom stereocenters. The summed E-state index contributed by atoms with van der Waals surface area (Å²) in [5, 5.41) is 18.3. The number of aliphatic hydroxyl groups is 1. The molecule has 5 nitrogen and oxygen atoms in total.